The van der Waals surface area contributed by atoms with Gasteiger partial charge in [0, 0.05) is 16.4 Å². The highest BCUT2D eigenvalue weighted by Crippen LogP contribution is 2.63. The molecule has 142 valence electrons. The van der Waals surface area contributed by atoms with Crippen LogP contribution in [-0.2, 0) is 4.79 Å². The molecule has 0 unspecified atom stereocenters. The van der Waals surface area contributed by atoms with E-state index in [2.05, 4.69) is 10.2 Å². The molecule has 3 nitrogen and oxygen atoms in total. The topological polar surface area (TPSA) is 32.3 Å². The van der Waals surface area contributed by atoms with Crippen molar-refractivity contribution in [3.05, 3.63) is 34.9 Å². The second kappa shape index (κ2) is 6.68. The maximum Gasteiger partial charge on any atom is 0.226 e. The minimum atomic E-state index is -0.247. The lowest BCUT2D eigenvalue weighted by atomic mass is 9.49. The van der Waals surface area contributed by atoms with E-state index in [1.165, 1.54) is 6.42 Å². The molecule has 0 spiro atoms. The zero-order chi connectivity index (χ0) is 18.5. The van der Waals surface area contributed by atoms with E-state index in [9.17, 15) is 4.79 Å². The Bertz CT molecular complexity index is 691. The number of carbonyl (C=O) groups is 1. The van der Waals surface area contributed by atoms with Gasteiger partial charge >= 0.3 is 0 Å². The quantitative estimate of drug-likeness (QED) is 0.737. The predicted molar refractivity (Wildman–Crippen MR) is 107 cm³/mol. The first kappa shape index (κ1) is 18.6. The highest BCUT2D eigenvalue weighted by molar-refractivity contribution is 6.31. The maximum absolute atomic E-state index is 13.3. The van der Waals surface area contributed by atoms with Gasteiger partial charge in [-0.2, -0.15) is 0 Å². The molecule has 1 aromatic carbocycles. The molecule has 5 rings (SSSR count). The highest BCUT2D eigenvalue weighted by Gasteiger charge is 2.60. The third-order valence-corrected chi connectivity index (χ3v) is 7.60. The van der Waals surface area contributed by atoms with Crippen LogP contribution in [0.25, 0.3) is 0 Å². The molecule has 4 bridgehead atoms. The molecule has 4 aliphatic rings. The maximum atomic E-state index is 13.3. The summed E-state index contributed by atoms with van der Waals surface area (Å²) in [6.45, 7) is 0.571. The summed E-state index contributed by atoms with van der Waals surface area (Å²) in [6, 6.07) is 7.94. The van der Waals surface area contributed by atoms with E-state index < -0.39 is 0 Å². The Kier molecular flexibility index (Phi) is 4.78. The highest BCUT2D eigenvalue weighted by atomic mass is 35.5. The van der Waals surface area contributed by atoms with Crippen LogP contribution >= 0.6 is 23.2 Å². The van der Waals surface area contributed by atoms with Crippen LogP contribution in [0.3, 0.4) is 0 Å². The van der Waals surface area contributed by atoms with Crippen molar-refractivity contribution >= 4 is 29.1 Å². The third-order valence-electron chi connectivity index (χ3n) is 6.81. The molecule has 0 radical (unpaired) electrons. The Labute approximate surface area is 166 Å². The van der Waals surface area contributed by atoms with Crippen LogP contribution in [0.4, 0.5) is 0 Å². The van der Waals surface area contributed by atoms with Gasteiger partial charge in [0.2, 0.25) is 5.91 Å². The Morgan fingerprint density at radius 3 is 2.46 bits per heavy atom. The average Bonchev–Trinajstić information content (AvgIpc) is 2.53. The number of rotatable bonds is 5. The van der Waals surface area contributed by atoms with E-state index in [1.54, 1.807) is 0 Å². The molecule has 1 N–H and O–H groups in total. The van der Waals surface area contributed by atoms with Crippen molar-refractivity contribution in [1.29, 1.82) is 0 Å². The molecule has 5 heteroatoms. The normalized spacial score (nSPS) is 36.3. The first-order valence-corrected chi connectivity index (χ1v) is 10.4. The van der Waals surface area contributed by atoms with Crippen LogP contribution in [0.2, 0.25) is 5.02 Å². The fourth-order valence-corrected chi connectivity index (χ4v) is 7.06. The first-order chi connectivity index (χ1) is 12.3. The summed E-state index contributed by atoms with van der Waals surface area (Å²) >= 11 is 13.3. The molecule has 0 heterocycles. The van der Waals surface area contributed by atoms with Gasteiger partial charge in [0.25, 0.3) is 0 Å². The standard InChI is InChI=1S/C21H28Cl2N2O/c1-25(2)18(16-5-3-4-6-17(16)22)12-24-19(26)20-8-14-7-15(9-20)11-21(23,10-14)13-20/h3-6,14-15,18H,7-13H2,1-2H3,(H,24,26)/t14-,15-,18+,20?,21?/m0/s1. The van der Waals surface area contributed by atoms with Crippen molar-refractivity contribution in [3.8, 4) is 0 Å². The Morgan fingerprint density at radius 2 is 1.88 bits per heavy atom. The van der Waals surface area contributed by atoms with Gasteiger partial charge < -0.3 is 10.2 Å². The minimum absolute atomic E-state index is 0.0616. The predicted octanol–water partition coefficient (Wildman–Crippen LogP) is 4.64. The lowest BCUT2D eigenvalue weighted by Gasteiger charge is -2.59. The molecule has 4 aliphatic carbocycles. The summed E-state index contributed by atoms with van der Waals surface area (Å²) in [5.74, 6) is 1.47. The van der Waals surface area contributed by atoms with Crippen LogP contribution in [0.1, 0.15) is 50.1 Å². The third kappa shape index (κ3) is 3.27. The fourth-order valence-electron chi connectivity index (χ4n) is 6.11. The van der Waals surface area contributed by atoms with E-state index in [1.807, 2.05) is 38.4 Å². The minimum Gasteiger partial charge on any atom is -0.354 e. The van der Waals surface area contributed by atoms with Crippen LogP contribution in [0.15, 0.2) is 24.3 Å². The van der Waals surface area contributed by atoms with Gasteiger partial charge in [-0.3, -0.25) is 4.79 Å². The monoisotopic (exact) mass is 394 g/mol. The number of carbonyl (C=O) groups excluding carboxylic acids is 1. The summed E-state index contributed by atoms with van der Waals surface area (Å²) in [7, 11) is 4.05. The van der Waals surface area contributed by atoms with Crippen molar-refractivity contribution in [2.24, 2.45) is 17.3 Å². The van der Waals surface area contributed by atoms with Gasteiger partial charge in [-0.25, -0.2) is 0 Å². The van der Waals surface area contributed by atoms with Crippen molar-refractivity contribution in [1.82, 2.24) is 10.2 Å². The van der Waals surface area contributed by atoms with Gasteiger partial charge in [-0.15, -0.1) is 11.6 Å². The molecular weight excluding hydrogens is 367 g/mol. The number of hydrogen-bond acceptors (Lipinski definition) is 2. The second-order valence-electron chi connectivity index (χ2n) is 9.10. The van der Waals surface area contributed by atoms with Crippen LogP contribution in [0, 0.1) is 17.3 Å². The first-order valence-electron chi connectivity index (χ1n) is 9.68. The Hall–Kier alpha value is -0.770. The van der Waals surface area contributed by atoms with E-state index >= 15 is 0 Å². The van der Waals surface area contributed by atoms with Gasteiger partial charge in [0.15, 0.2) is 0 Å². The van der Waals surface area contributed by atoms with Crippen molar-refractivity contribution in [2.75, 3.05) is 20.6 Å². The van der Waals surface area contributed by atoms with E-state index in [0.29, 0.717) is 18.4 Å². The van der Waals surface area contributed by atoms with Gasteiger partial charge in [-0.1, -0.05) is 29.8 Å². The molecule has 1 amide bonds. The fraction of sp³-hybridized carbons (Fsp3) is 0.667. The van der Waals surface area contributed by atoms with Crippen molar-refractivity contribution in [3.63, 3.8) is 0 Å². The van der Waals surface area contributed by atoms with Crippen LogP contribution < -0.4 is 5.32 Å². The second-order valence-corrected chi connectivity index (χ2v) is 10.3. The van der Waals surface area contributed by atoms with Crippen LogP contribution in [0.5, 0.6) is 0 Å². The molecule has 0 aliphatic heterocycles. The Morgan fingerprint density at radius 1 is 1.23 bits per heavy atom. The summed E-state index contributed by atoms with van der Waals surface area (Å²) in [6.07, 6.45) is 6.34. The summed E-state index contributed by atoms with van der Waals surface area (Å²) < 4.78 is 0. The molecule has 3 atom stereocenters. The summed E-state index contributed by atoms with van der Waals surface area (Å²) in [5, 5.41) is 4.01. The zero-order valence-corrected chi connectivity index (χ0v) is 17.1. The number of nitrogens with one attached hydrogen (secondary N) is 1. The molecule has 26 heavy (non-hydrogen) atoms. The lowest BCUT2D eigenvalue weighted by Crippen LogP contribution is -2.58. The number of halogens is 2. The number of alkyl halides is 1. The largest absolute Gasteiger partial charge is 0.354 e. The van der Waals surface area contributed by atoms with Crippen molar-refractivity contribution < 1.29 is 4.79 Å². The van der Waals surface area contributed by atoms with E-state index in [4.69, 9.17) is 23.2 Å². The number of hydrogen-bond donors (Lipinski definition) is 1. The average molecular weight is 395 g/mol. The number of amides is 1. The number of nitrogens with zero attached hydrogens (tertiary/aromatic N) is 1. The summed E-state index contributed by atoms with van der Waals surface area (Å²) in [4.78, 5) is 15.2. The molecule has 4 fully saturated rings. The smallest absolute Gasteiger partial charge is 0.226 e. The molecule has 0 saturated heterocycles. The molecular formula is C21H28Cl2N2O. The van der Waals surface area contributed by atoms with Gasteiger partial charge in [0.05, 0.1) is 11.5 Å². The zero-order valence-electron chi connectivity index (χ0n) is 15.6. The summed E-state index contributed by atoms with van der Waals surface area (Å²) in [5.41, 5.74) is 0.808. The van der Waals surface area contributed by atoms with E-state index in [-0.39, 0.29) is 22.2 Å². The van der Waals surface area contributed by atoms with Gasteiger partial charge in [-0.05, 0) is 76.1 Å². The Balaban J connectivity index is 1.49. The van der Waals surface area contributed by atoms with Crippen molar-refractivity contribution in [2.45, 2.75) is 49.4 Å². The lowest BCUT2D eigenvalue weighted by molar-refractivity contribution is -0.144. The SMILES string of the molecule is CN(C)[C@H](CNC(=O)C12C[C@@H]3C[C@H](CC(Cl)(C3)C1)C2)c1ccccc1Cl. The molecule has 0 aromatic heterocycles. The number of likely N-dealkylation sites (N-methyl/N-ethyl adjacent to an activating group) is 1. The van der Waals surface area contributed by atoms with E-state index in [0.717, 1.165) is 42.7 Å². The number of benzene rings is 1. The molecule has 1 aromatic rings. The van der Waals surface area contributed by atoms with Crippen LogP contribution in [-0.4, -0.2) is 36.3 Å². The van der Waals surface area contributed by atoms with Gasteiger partial charge in [0.1, 0.15) is 0 Å². The molecule has 4 saturated carbocycles.